The molecule has 0 N–H and O–H groups in total. The van der Waals surface area contributed by atoms with Crippen LogP contribution in [0, 0.1) is 17.3 Å². The molecule has 3 unspecified atom stereocenters. The number of hydrogen-bond donors (Lipinski definition) is 0. The number of likely N-dealkylation sites (tertiary alicyclic amines) is 1. The van der Waals surface area contributed by atoms with Crippen LogP contribution in [0.3, 0.4) is 0 Å². The van der Waals surface area contributed by atoms with E-state index in [0.29, 0.717) is 11.8 Å². The summed E-state index contributed by atoms with van der Waals surface area (Å²) in [4.78, 5) is 14.2. The first-order valence-corrected chi connectivity index (χ1v) is 7.24. The molecule has 1 amide bonds. The second kappa shape index (κ2) is 4.57. The third-order valence-electron chi connectivity index (χ3n) is 4.82. The highest BCUT2D eigenvalue weighted by Gasteiger charge is 2.42. The number of amides is 1. The van der Waals surface area contributed by atoms with Gasteiger partial charge in [-0.1, -0.05) is 38.9 Å². The Morgan fingerprint density at radius 2 is 1.94 bits per heavy atom. The summed E-state index contributed by atoms with van der Waals surface area (Å²) >= 11 is 0. The van der Waals surface area contributed by atoms with E-state index in [4.69, 9.17) is 7.85 Å². The first-order valence-electron chi connectivity index (χ1n) is 7.24. The number of nitrogens with zero attached hydrogens (tertiary/aromatic N) is 1. The first kappa shape index (κ1) is 14.0. The number of rotatable bonds is 0. The highest BCUT2D eigenvalue weighted by atomic mass is 16.2. The van der Waals surface area contributed by atoms with Crippen molar-refractivity contribution in [3.63, 3.8) is 0 Å². The van der Waals surface area contributed by atoms with Crippen molar-refractivity contribution < 1.29 is 4.79 Å². The number of hydrogen-bond acceptors (Lipinski definition) is 1. The van der Waals surface area contributed by atoms with E-state index in [2.05, 4.69) is 20.8 Å². The quantitative estimate of drug-likeness (QED) is 0.602. The van der Waals surface area contributed by atoms with Crippen molar-refractivity contribution in [2.24, 2.45) is 17.3 Å². The molecule has 1 saturated carbocycles. The second-order valence-electron chi connectivity index (χ2n) is 7.65. The average molecular weight is 247 g/mol. The van der Waals surface area contributed by atoms with Gasteiger partial charge in [0, 0.05) is 19.5 Å². The van der Waals surface area contributed by atoms with Crippen LogP contribution in [-0.2, 0) is 4.79 Å². The zero-order valence-electron chi connectivity index (χ0n) is 12.3. The summed E-state index contributed by atoms with van der Waals surface area (Å²) in [6, 6.07) is 0. The van der Waals surface area contributed by atoms with Crippen molar-refractivity contribution in [2.75, 3.05) is 13.6 Å². The molecule has 0 aromatic heterocycles. The minimum atomic E-state index is -0.120. The Morgan fingerprint density at radius 1 is 1.28 bits per heavy atom. The van der Waals surface area contributed by atoms with Crippen LogP contribution in [0.15, 0.2) is 0 Å². The maximum Gasteiger partial charge on any atom is 0.225 e. The van der Waals surface area contributed by atoms with Crippen LogP contribution in [-0.4, -0.2) is 32.2 Å². The summed E-state index contributed by atoms with van der Waals surface area (Å²) in [5, 5.41) is -0.120. The largest absolute Gasteiger partial charge is 0.346 e. The molecule has 100 valence electrons. The van der Waals surface area contributed by atoms with E-state index in [1.807, 2.05) is 11.9 Å². The van der Waals surface area contributed by atoms with Gasteiger partial charge >= 0.3 is 0 Å². The fraction of sp³-hybridized carbons (Fsp3) is 0.933. The van der Waals surface area contributed by atoms with Gasteiger partial charge in [0.2, 0.25) is 5.91 Å². The van der Waals surface area contributed by atoms with Gasteiger partial charge in [-0.05, 0) is 30.6 Å². The smallest absolute Gasteiger partial charge is 0.225 e. The maximum atomic E-state index is 12.3. The molecule has 2 rings (SSSR count). The molecule has 18 heavy (non-hydrogen) atoms. The van der Waals surface area contributed by atoms with Gasteiger partial charge in [0.1, 0.15) is 0 Å². The molecule has 0 aromatic rings. The highest BCUT2D eigenvalue weighted by molar-refractivity contribution is 6.14. The summed E-state index contributed by atoms with van der Waals surface area (Å²) in [5.74, 6) is 1.13. The molecule has 2 radical (unpaired) electrons. The zero-order valence-corrected chi connectivity index (χ0v) is 12.3. The Bertz CT molecular complexity index is 337. The van der Waals surface area contributed by atoms with Crippen LogP contribution in [0.25, 0.3) is 0 Å². The third-order valence-corrected chi connectivity index (χ3v) is 4.82. The van der Waals surface area contributed by atoms with Crippen molar-refractivity contribution in [3.05, 3.63) is 0 Å². The van der Waals surface area contributed by atoms with Gasteiger partial charge in [-0.2, -0.15) is 0 Å². The van der Waals surface area contributed by atoms with E-state index < -0.39 is 0 Å². The molecule has 2 aliphatic rings. The van der Waals surface area contributed by atoms with Gasteiger partial charge in [0.15, 0.2) is 0 Å². The van der Waals surface area contributed by atoms with Gasteiger partial charge < -0.3 is 4.90 Å². The van der Waals surface area contributed by atoms with Gasteiger partial charge in [-0.25, -0.2) is 0 Å². The topological polar surface area (TPSA) is 20.3 Å². The van der Waals surface area contributed by atoms with Crippen molar-refractivity contribution in [2.45, 2.75) is 58.2 Å². The third kappa shape index (κ3) is 2.92. The van der Waals surface area contributed by atoms with E-state index in [-0.39, 0.29) is 16.6 Å². The lowest BCUT2D eigenvalue weighted by atomic mass is 9.55. The molecule has 3 atom stereocenters. The fourth-order valence-electron chi connectivity index (χ4n) is 4.21. The Labute approximate surface area is 113 Å². The zero-order chi connectivity index (χ0) is 13.6. The second-order valence-corrected chi connectivity index (χ2v) is 7.65. The molecule has 3 heteroatoms. The molecule has 0 aromatic carbocycles. The Kier molecular flexibility index (Phi) is 3.55. The number of carbonyl (C=O) groups is 1. The van der Waals surface area contributed by atoms with Crippen LogP contribution in [0.4, 0.5) is 0 Å². The standard InChI is InChI=1S/C15H26BNO/c1-14(2)9-11-6-8-17(4)13(18)12(11)5-7-15(3,16)10-14/h11-12H,5-10H2,1-4H3. The first-order chi connectivity index (χ1) is 8.20. The number of piperidine rings is 1. The van der Waals surface area contributed by atoms with Crippen molar-refractivity contribution in [1.82, 2.24) is 4.90 Å². The van der Waals surface area contributed by atoms with E-state index in [1.54, 1.807) is 0 Å². The predicted molar refractivity (Wildman–Crippen MR) is 75.6 cm³/mol. The Balaban J connectivity index is 2.20. The molecule has 1 aliphatic carbocycles. The normalized spacial score (nSPS) is 40.9. The van der Waals surface area contributed by atoms with Crippen LogP contribution >= 0.6 is 0 Å². The Morgan fingerprint density at radius 3 is 2.61 bits per heavy atom. The van der Waals surface area contributed by atoms with Crippen molar-refractivity contribution in [1.29, 1.82) is 0 Å². The predicted octanol–water partition coefficient (Wildman–Crippen LogP) is 3.03. The lowest BCUT2D eigenvalue weighted by Crippen LogP contribution is -2.46. The molecule has 0 bridgehead atoms. The molecule has 2 nitrogen and oxygen atoms in total. The van der Waals surface area contributed by atoms with Crippen LogP contribution in [0.1, 0.15) is 52.9 Å². The van der Waals surface area contributed by atoms with E-state index in [0.717, 1.165) is 38.6 Å². The maximum absolute atomic E-state index is 12.3. The summed E-state index contributed by atoms with van der Waals surface area (Å²) in [6.45, 7) is 7.69. The van der Waals surface area contributed by atoms with Crippen LogP contribution in [0.2, 0.25) is 5.31 Å². The monoisotopic (exact) mass is 247 g/mol. The molecular weight excluding hydrogens is 221 g/mol. The average Bonchev–Trinajstić information content (AvgIpc) is 2.19. The highest BCUT2D eigenvalue weighted by Crippen LogP contribution is 2.50. The molecule has 2 fully saturated rings. The summed E-state index contributed by atoms with van der Waals surface area (Å²) < 4.78 is 0. The molecular formula is C15H26BNO. The van der Waals surface area contributed by atoms with Gasteiger partial charge in [-0.3, -0.25) is 4.79 Å². The van der Waals surface area contributed by atoms with Crippen LogP contribution in [0.5, 0.6) is 0 Å². The lowest BCUT2D eigenvalue weighted by molar-refractivity contribution is -0.141. The number of carbonyl (C=O) groups excluding carboxylic acids is 1. The molecule has 1 aliphatic heterocycles. The fourth-order valence-corrected chi connectivity index (χ4v) is 4.21. The Hall–Kier alpha value is -0.465. The summed E-state index contributed by atoms with van der Waals surface area (Å²) in [5.41, 5.74) is 0.253. The van der Waals surface area contributed by atoms with E-state index >= 15 is 0 Å². The van der Waals surface area contributed by atoms with Gasteiger partial charge in [-0.15, -0.1) is 0 Å². The lowest BCUT2D eigenvalue weighted by Gasteiger charge is -2.46. The van der Waals surface area contributed by atoms with Crippen molar-refractivity contribution in [3.8, 4) is 0 Å². The molecule has 0 spiro atoms. The van der Waals surface area contributed by atoms with Crippen molar-refractivity contribution >= 4 is 13.8 Å². The van der Waals surface area contributed by atoms with E-state index in [1.165, 1.54) is 0 Å². The number of fused-ring (bicyclic) bond motifs is 1. The summed E-state index contributed by atoms with van der Waals surface area (Å²) in [6.07, 6.45) is 5.31. The van der Waals surface area contributed by atoms with E-state index in [9.17, 15) is 4.79 Å². The molecule has 1 saturated heterocycles. The molecule has 1 heterocycles. The minimum absolute atomic E-state index is 0.120. The summed E-state index contributed by atoms with van der Waals surface area (Å²) in [7, 11) is 8.33. The van der Waals surface area contributed by atoms with Crippen LogP contribution < -0.4 is 0 Å². The SMILES string of the molecule is [B]C1(C)CCC2C(=O)N(C)CCC2CC(C)(C)C1. The minimum Gasteiger partial charge on any atom is -0.346 e. The van der Waals surface area contributed by atoms with Gasteiger partial charge in [0.25, 0.3) is 0 Å². The van der Waals surface area contributed by atoms with Gasteiger partial charge in [0.05, 0.1) is 7.85 Å².